The van der Waals surface area contributed by atoms with Crippen molar-refractivity contribution in [2.45, 2.75) is 19.6 Å². The second kappa shape index (κ2) is 9.61. The molecule has 30 heavy (non-hydrogen) atoms. The fourth-order valence-electron chi connectivity index (χ4n) is 2.74. The molecule has 6 nitrogen and oxygen atoms in total. The maximum Gasteiger partial charge on any atom is 0.328 e. The minimum Gasteiger partial charge on any atom is -0.488 e. The third-order valence-corrected chi connectivity index (χ3v) is 6.07. The molecule has 1 atom stereocenters. The van der Waals surface area contributed by atoms with Crippen LogP contribution in [0.15, 0.2) is 47.4 Å². The monoisotopic (exact) mass is 541 g/mol. The Labute approximate surface area is 190 Å². The number of nitrogens with zero attached hydrogens (tertiary/aromatic N) is 1. The van der Waals surface area contributed by atoms with E-state index in [-0.39, 0.29) is 17.3 Å². The maximum atomic E-state index is 13.7. The van der Waals surface area contributed by atoms with Gasteiger partial charge in [0.15, 0.2) is 0 Å². The minimum atomic E-state index is -0.998. The predicted molar refractivity (Wildman–Crippen MR) is 119 cm³/mol. The number of rotatable bonds is 6. The number of carbonyl (C=O) groups is 3. The Morgan fingerprint density at radius 1 is 1.27 bits per heavy atom. The van der Waals surface area contributed by atoms with E-state index in [2.05, 4.69) is 27.3 Å². The van der Waals surface area contributed by atoms with Crippen LogP contribution in [-0.4, -0.2) is 35.2 Å². The van der Waals surface area contributed by atoms with E-state index in [1.807, 2.05) is 0 Å². The molecule has 0 bridgehead atoms. The first-order valence-corrected chi connectivity index (χ1v) is 10.7. The number of thioether (sulfide) groups is 1. The summed E-state index contributed by atoms with van der Waals surface area (Å²) >= 11 is 2.85. The third-order valence-electron chi connectivity index (χ3n) is 4.35. The van der Waals surface area contributed by atoms with Gasteiger partial charge in [0.1, 0.15) is 24.2 Å². The smallest absolute Gasteiger partial charge is 0.328 e. The normalized spacial score (nSPS) is 16.1. The molecule has 0 N–H and O–H groups in total. The fourth-order valence-corrected chi connectivity index (χ4v) is 4.34. The minimum absolute atomic E-state index is 0.0896. The zero-order valence-corrected chi connectivity index (χ0v) is 19.0. The molecule has 0 saturated carbocycles. The van der Waals surface area contributed by atoms with Gasteiger partial charge in [0.25, 0.3) is 11.1 Å². The number of methoxy groups -OCH3 is 1. The molecule has 2 aromatic carbocycles. The summed E-state index contributed by atoms with van der Waals surface area (Å²) in [5, 5.41) is -0.524. The molecule has 0 unspecified atom stereocenters. The number of esters is 1. The van der Waals surface area contributed by atoms with E-state index in [1.165, 1.54) is 20.1 Å². The lowest BCUT2D eigenvalue weighted by atomic mass is 10.2. The van der Waals surface area contributed by atoms with E-state index < -0.39 is 23.2 Å². The molecule has 1 heterocycles. The first-order valence-electron chi connectivity index (χ1n) is 8.82. The quantitative estimate of drug-likeness (QED) is 0.302. The van der Waals surface area contributed by atoms with Gasteiger partial charge in [0.05, 0.1) is 15.6 Å². The maximum absolute atomic E-state index is 13.7. The summed E-state index contributed by atoms with van der Waals surface area (Å²) in [7, 11) is 1.20. The van der Waals surface area contributed by atoms with Gasteiger partial charge in [-0.05, 0) is 71.1 Å². The van der Waals surface area contributed by atoms with Crippen molar-refractivity contribution in [2.24, 2.45) is 0 Å². The van der Waals surface area contributed by atoms with Gasteiger partial charge in [-0.25, -0.2) is 9.18 Å². The van der Waals surface area contributed by atoms with E-state index in [9.17, 15) is 18.8 Å². The lowest BCUT2D eigenvalue weighted by Crippen LogP contribution is -2.42. The molecule has 3 rings (SSSR count). The van der Waals surface area contributed by atoms with Gasteiger partial charge in [-0.3, -0.25) is 14.5 Å². The zero-order valence-electron chi connectivity index (χ0n) is 16.1. The van der Waals surface area contributed by atoms with Gasteiger partial charge in [-0.1, -0.05) is 24.3 Å². The Morgan fingerprint density at radius 3 is 2.67 bits per heavy atom. The van der Waals surface area contributed by atoms with Crippen LogP contribution in [0.1, 0.15) is 18.1 Å². The standard InChI is InChI=1S/C21H17FINO5S/c1-12(20(26)28-2)24-19(25)18(30-21(24)27)10-13-7-8-17(16(23)9-13)29-11-14-5-3-4-6-15(14)22/h3-10,12H,11H2,1-2H3/b18-10+/t12-/m1/s1. The summed E-state index contributed by atoms with van der Waals surface area (Å²) in [6, 6.07) is 10.6. The van der Waals surface area contributed by atoms with Crippen molar-refractivity contribution in [1.29, 1.82) is 0 Å². The summed E-state index contributed by atoms with van der Waals surface area (Å²) < 4.78 is 24.8. The summed E-state index contributed by atoms with van der Waals surface area (Å²) in [5.41, 5.74) is 1.14. The molecule has 0 aliphatic carbocycles. The van der Waals surface area contributed by atoms with Crippen LogP contribution in [0, 0.1) is 9.39 Å². The van der Waals surface area contributed by atoms with Crippen molar-refractivity contribution in [2.75, 3.05) is 7.11 Å². The van der Waals surface area contributed by atoms with Crippen molar-refractivity contribution in [1.82, 2.24) is 4.90 Å². The van der Waals surface area contributed by atoms with Crippen molar-refractivity contribution >= 4 is 57.5 Å². The highest BCUT2D eigenvalue weighted by molar-refractivity contribution is 14.1. The van der Waals surface area contributed by atoms with Crippen molar-refractivity contribution < 1.29 is 28.2 Å². The molecule has 2 amide bonds. The topological polar surface area (TPSA) is 72.9 Å². The van der Waals surface area contributed by atoms with E-state index >= 15 is 0 Å². The summed E-state index contributed by atoms with van der Waals surface area (Å²) in [4.78, 5) is 37.5. The SMILES string of the molecule is COC(=O)[C@@H](C)N1C(=O)S/C(=C/c2ccc(OCc3ccccc3F)c(I)c2)C1=O. The highest BCUT2D eigenvalue weighted by atomic mass is 127. The zero-order chi connectivity index (χ0) is 21.8. The molecule has 1 fully saturated rings. The van der Waals surface area contributed by atoms with E-state index in [1.54, 1.807) is 42.5 Å². The van der Waals surface area contributed by atoms with Gasteiger partial charge < -0.3 is 9.47 Å². The third kappa shape index (κ3) is 4.84. The number of carbonyl (C=O) groups excluding carboxylic acids is 3. The number of benzene rings is 2. The molecule has 156 valence electrons. The summed E-state index contributed by atoms with van der Waals surface area (Å²) in [5.74, 6) is -0.966. The van der Waals surface area contributed by atoms with Crippen LogP contribution in [0.3, 0.4) is 0 Å². The molecule has 1 saturated heterocycles. The van der Waals surface area contributed by atoms with Crippen LogP contribution in [0.4, 0.5) is 9.18 Å². The second-order valence-electron chi connectivity index (χ2n) is 6.32. The molecule has 9 heteroatoms. The first-order chi connectivity index (χ1) is 14.3. The summed E-state index contributed by atoms with van der Waals surface area (Å²) in [6.07, 6.45) is 1.58. The number of amides is 2. The van der Waals surface area contributed by atoms with E-state index in [0.717, 1.165) is 20.2 Å². The lowest BCUT2D eigenvalue weighted by molar-refractivity contribution is -0.148. The summed E-state index contributed by atoms with van der Waals surface area (Å²) in [6.45, 7) is 1.53. The molecule has 0 radical (unpaired) electrons. The second-order valence-corrected chi connectivity index (χ2v) is 8.48. The molecule has 1 aliphatic rings. The first kappa shape index (κ1) is 22.3. The Kier molecular flexibility index (Phi) is 7.14. The van der Waals surface area contributed by atoms with Gasteiger partial charge >= 0.3 is 5.97 Å². The molecule has 1 aliphatic heterocycles. The van der Waals surface area contributed by atoms with Gasteiger partial charge in [-0.15, -0.1) is 0 Å². The molecule has 0 spiro atoms. The van der Waals surface area contributed by atoms with Crippen molar-refractivity contribution in [3.63, 3.8) is 0 Å². The molecule has 0 aromatic heterocycles. The Hall–Kier alpha value is -2.40. The highest BCUT2D eigenvalue weighted by Crippen LogP contribution is 2.34. The van der Waals surface area contributed by atoms with Crippen LogP contribution >= 0.6 is 34.4 Å². The highest BCUT2D eigenvalue weighted by Gasteiger charge is 2.41. The van der Waals surface area contributed by atoms with Gasteiger partial charge in [0.2, 0.25) is 0 Å². The van der Waals surface area contributed by atoms with Crippen molar-refractivity contribution in [3.05, 3.63) is 67.9 Å². The van der Waals surface area contributed by atoms with Crippen LogP contribution < -0.4 is 4.74 Å². The Bertz CT molecular complexity index is 1040. The number of hydrogen-bond acceptors (Lipinski definition) is 6. The Balaban J connectivity index is 1.74. The fraction of sp³-hybridized carbons (Fsp3) is 0.190. The molecule has 2 aromatic rings. The largest absolute Gasteiger partial charge is 0.488 e. The van der Waals surface area contributed by atoms with Crippen molar-refractivity contribution in [3.8, 4) is 5.75 Å². The van der Waals surface area contributed by atoms with E-state index in [0.29, 0.717) is 16.9 Å². The van der Waals surface area contributed by atoms with Gasteiger partial charge in [0, 0.05) is 5.56 Å². The average Bonchev–Trinajstić information content (AvgIpc) is 3.00. The number of ether oxygens (including phenoxy) is 2. The Morgan fingerprint density at radius 2 is 2.00 bits per heavy atom. The predicted octanol–water partition coefficient (Wildman–Crippen LogP) is 4.61. The number of halogens is 2. The molecular weight excluding hydrogens is 524 g/mol. The number of hydrogen-bond donors (Lipinski definition) is 0. The van der Waals surface area contributed by atoms with Crippen LogP contribution in [0.5, 0.6) is 5.75 Å². The van der Waals surface area contributed by atoms with Crippen LogP contribution in [0.25, 0.3) is 6.08 Å². The van der Waals surface area contributed by atoms with Gasteiger partial charge in [-0.2, -0.15) is 0 Å². The van der Waals surface area contributed by atoms with Crippen LogP contribution in [0.2, 0.25) is 0 Å². The number of imide groups is 1. The van der Waals surface area contributed by atoms with E-state index in [4.69, 9.17) is 4.74 Å². The average molecular weight is 541 g/mol. The van der Waals surface area contributed by atoms with Crippen LogP contribution in [-0.2, 0) is 20.9 Å². The lowest BCUT2D eigenvalue weighted by Gasteiger charge is -2.18. The molecular formula is C21H17FINO5S.